The van der Waals surface area contributed by atoms with Gasteiger partial charge in [-0.3, -0.25) is 30.0 Å². The summed E-state index contributed by atoms with van der Waals surface area (Å²) < 4.78 is 72.0. The van der Waals surface area contributed by atoms with Gasteiger partial charge in [-0.2, -0.15) is 13.2 Å². The average molecular weight is 581 g/mol. The van der Waals surface area contributed by atoms with Crippen molar-refractivity contribution in [3.63, 3.8) is 0 Å². The van der Waals surface area contributed by atoms with Crippen LogP contribution in [0.5, 0.6) is 5.75 Å². The van der Waals surface area contributed by atoms with Gasteiger partial charge in [-0.15, -0.1) is 0 Å². The molecule has 3 heterocycles. The van der Waals surface area contributed by atoms with E-state index in [1.165, 1.54) is 30.0 Å². The van der Waals surface area contributed by atoms with Gasteiger partial charge < -0.3 is 10.1 Å². The molecule has 1 saturated carbocycles. The van der Waals surface area contributed by atoms with Crippen LogP contribution in [0, 0.1) is 29.6 Å². The van der Waals surface area contributed by atoms with E-state index in [1.54, 1.807) is 13.0 Å². The first-order chi connectivity index (χ1) is 18.8. The summed E-state index contributed by atoms with van der Waals surface area (Å²) in [5, 5.41) is 17.1. The normalized spacial score (nSPS) is 16.5. The Labute approximate surface area is 227 Å². The Morgan fingerprint density at radius 1 is 1.18 bits per heavy atom. The third-order valence-corrected chi connectivity index (χ3v) is 6.88. The SMILES string of the molecule is COc1cnc(C(F)F)cc1-c1cc(-n2cc(C)ccc2=O)ncc1C(=O)NC(=N)SC(=N)C1C[C@@H]1C(F)(F)F. The molecule has 1 aliphatic carbocycles. The Bertz CT molecular complexity index is 1560. The highest BCUT2D eigenvalue weighted by Crippen LogP contribution is 2.52. The molecule has 9 nitrogen and oxygen atoms in total. The fraction of sp³-hybridized carbons (Fsp3) is 0.280. The molecule has 1 fully saturated rings. The summed E-state index contributed by atoms with van der Waals surface area (Å²) in [6, 6.07) is 5.20. The second-order valence-electron chi connectivity index (χ2n) is 8.85. The predicted molar refractivity (Wildman–Crippen MR) is 137 cm³/mol. The number of aryl methyl sites for hydroxylation is 1. The minimum absolute atomic E-state index is 0.00395. The van der Waals surface area contributed by atoms with E-state index in [-0.39, 0.29) is 34.7 Å². The number of carbonyl (C=O) groups is 1. The van der Waals surface area contributed by atoms with Gasteiger partial charge in [0.2, 0.25) is 0 Å². The number of nitrogens with one attached hydrogen (secondary N) is 3. The predicted octanol–water partition coefficient (Wildman–Crippen LogP) is 5.12. The molecular weight excluding hydrogens is 559 g/mol. The number of amides is 1. The highest BCUT2D eigenvalue weighted by Gasteiger charge is 2.57. The van der Waals surface area contributed by atoms with E-state index < -0.39 is 51.8 Å². The summed E-state index contributed by atoms with van der Waals surface area (Å²) in [7, 11) is 1.26. The summed E-state index contributed by atoms with van der Waals surface area (Å²) >= 11 is 0.367. The number of alkyl halides is 5. The number of ether oxygens (including phenoxy) is 1. The number of methoxy groups -OCH3 is 1. The Morgan fingerprint density at radius 2 is 1.90 bits per heavy atom. The number of hydrogen-bond acceptors (Lipinski definition) is 8. The molecule has 0 bridgehead atoms. The van der Waals surface area contributed by atoms with Crippen LogP contribution in [0.3, 0.4) is 0 Å². The molecule has 3 N–H and O–H groups in total. The minimum Gasteiger partial charge on any atom is -0.494 e. The van der Waals surface area contributed by atoms with Gasteiger partial charge in [-0.05, 0) is 42.8 Å². The van der Waals surface area contributed by atoms with Crippen molar-refractivity contribution in [1.82, 2.24) is 19.9 Å². The van der Waals surface area contributed by atoms with Gasteiger partial charge in [0.05, 0.1) is 29.8 Å². The standard InChI is InChI=1S/C25H21F5N6O3S/c1-11-3-4-20(37)36(10-11)19-7-12(13-6-17(21(26)27)33-9-18(13)39-2)15(8-34-19)23(38)35-24(32)40-22(31)14-5-16(14)25(28,29)30/h3-4,6-10,14,16,21,31H,5H2,1-2H3,(H2,32,35,38)/t14?,16-/m0/s1. The van der Waals surface area contributed by atoms with Crippen molar-refractivity contribution in [1.29, 1.82) is 10.8 Å². The molecule has 0 saturated heterocycles. The summed E-state index contributed by atoms with van der Waals surface area (Å²) in [6.07, 6.45) is -4.07. The van der Waals surface area contributed by atoms with Crippen LogP contribution < -0.4 is 15.6 Å². The molecule has 210 valence electrons. The van der Waals surface area contributed by atoms with Crippen LogP contribution in [0.2, 0.25) is 0 Å². The lowest BCUT2D eigenvalue weighted by molar-refractivity contribution is -0.149. The first kappa shape index (κ1) is 28.9. The lowest BCUT2D eigenvalue weighted by atomic mass is 10.00. The molecule has 15 heteroatoms. The maximum Gasteiger partial charge on any atom is 0.392 e. The highest BCUT2D eigenvalue weighted by atomic mass is 32.2. The van der Waals surface area contributed by atoms with Crippen molar-refractivity contribution in [3.8, 4) is 22.7 Å². The largest absolute Gasteiger partial charge is 0.494 e. The number of hydrogen-bond donors (Lipinski definition) is 3. The van der Waals surface area contributed by atoms with E-state index in [0.717, 1.165) is 18.5 Å². The van der Waals surface area contributed by atoms with Crippen LogP contribution in [0.25, 0.3) is 16.9 Å². The second-order valence-corrected chi connectivity index (χ2v) is 9.90. The second kappa shape index (κ2) is 11.2. The number of pyridine rings is 3. The van der Waals surface area contributed by atoms with Gasteiger partial charge in [0.25, 0.3) is 17.9 Å². The van der Waals surface area contributed by atoms with Gasteiger partial charge in [-0.25, -0.2) is 13.8 Å². The molecule has 0 aliphatic heterocycles. The summed E-state index contributed by atoms with van der Waals surface area (Å²) in [5.41, 5.74) is -0.559. The van der Waals surface area contributed by atoms with Crippen LogP contribution in [-0.4, -0.2) is 43.9 Å². The quantitative estimate of drug-likeness (QED) is 0.211. The highest BCUT2D eigenvalue weighted by molar-refractivity contribution is 8.26. The van der Waals surface area contributed by atoms with Gasteiger partial charge in [-0.1, -0.05) is 6.07 Å². The molecule has 1 aliphatic rings. The lowest BCUT2D eigenvalue weighted by Gasteiger charge is -2.16. The Hall–Kier alpha value is -4.14. The monoisotopic (exact) mass is 580 g/mol. The van der Waals surface area contributed by atoms with E-state index in [0.29, 0.717) is 17.3 Å². The fourth-order valence-electron chi connectivity index (χ4n) is 3.93. The van der Waals surface area contributed by atoms with Gasteiger partial charge in [0.1, 0.15) is 17.3 Å². The van der Waals surface area contributed by atoms with Crippen molar-refractivity contribution >= 4 is 27.9 Å². The molecule has 2 atom stereocenters. The Morgan fingerprint density at radius 3 is 2.52 bits per heavy atom. The number of thioether (sulfide) groups is 1. The maximum absolute atomic E-state index is 13.5. The smallest absolute Gasteiger partial charge is 0.392 e. The Balaban J connectivity index is 1.71. The number of amidine groups is 1. The first-order valence-electron chi connectivity index (χ1n) is 11.5. The summed E-state index contributed by atoms with van der Waals surface area (Å²) in [5.74, 6) is -3.62. The molecule has 3 aromatic heterocycles. The van der Waals surface area contributed by atoms with Gasteiger partial charge in [0.15, 0.2) is 5.17 Å². The third-order valence-electron chi connectivity index (χ3n) is 6.05. The fourth-order valence-corrected chi connectivity index (χ4v) is 4.71. The number of nitrogens with zero attached hydrogens (tertiary/aromatic N) is 3. The molecule has 0 aromatic carbocycles. The van der Waals surface area contributed by atoms with Crippen LogP contribution in [0.15, 0.2) is 47.7 Å². The van der Waals surface area contributed by atoms with E-state index in [4.69, 9.17) is 15.6 Å². The number of carbonyl (C=O) groups excluding carboxylic acids is 1. The molecule has 40 heavy (non-hydrogen) atoms. The molecule has 0 radical (unpaired) electrons. The lowest BCUT2D eigenvalue weighted by Crippen LogP contribution is -2.29. The topological polar surface area (TPSA) is 134 Å². The summed E-state index contributed by atoms with van der Waals surface area (Å²) in [4.78, 5) is 33.5. The number of halogens is 5. The van der Waals surface area contributed by atoms with Crippen LogP contribution in [-0.2, 0) is 0 Å². The van der Waals surface area contributed by atoms with Crippen molar-refractivity contribution in [2.24, 2.45) is 11.8 Å². The maximum atomic E-state index is 13.5. The van der Waals surface area contributed by atoms with E-state index in [1.807, 2.05) is 0 Å². The van der Waals surface area contributed by atoms with Crippen molar-refractivity contribution in [2.45, 2.75) is 25.9 Å². The molecule has 1 amide bonds. The number of rotatable bonds is 6. The van der Waals surface area contributed by atoms with E-state index in [2.05, 4.69) is 15.3 Å². The molecule has 1 unspecified atom stereocenters. The van der Waals surface area contributed by atoms with E-state index in [9.17, 15) is 31.5 Å². The van der Waals surface area contributed by atoms with Gasteiger partial charge in [0, 0.05) is 35.5 Å². The summed E-state index contributed by atoms with van der Waals surface area (Å²) in [6.45, 7) is 1.74. The Kier molecular flexibility index (Phi) is 8.05. The van der Waals surface area contributed by atoms with Crippen molar-refractivity contribution in [3.05, 3.63) is 70.0 Å². The van der Waals surface area contributed by atoms with Crippen molar-refractivity contribution in [2.75, 3.05) is 7.11 Å². The van der Waals surface area contributed by atoms with Crippen molar-refractivity contribution < 1.29 is 31.5 Å². The zero-order valence-electron chi connectivity index (χ0n) is 20.8. The van der Waals surface area contributed by atoms with Crippen LogP contribution >= 0.6 is 11.8 Å². The van der Waals surface area contributed by atoms with Gasteiger partial charge >= 0.3 is 6.18 Å². The number of aromatic nitrogens is 3. The third kappa shape index (κ3) is 6.19. The van der Waals surface area contributed by atoms with E-state index >= 15 is 0 Å². The first-order valence-corrected chi connectivity index (χ1v) is 12.4. The zero-order valence-corrected chi connectivity index (χ0v) is 21.7. The van der Waals surface area contributed by atoms with Crippen LogP contribution in [0.4, 0.5) is 22.0 Å². The molecule has 3 aromatic rings. The molecule has 4 rings (SSSR count). The minimum atomic E-state index is -4.45. The average Bonchev–Trinajstić information content (AvgIpc) is 3.71. The molecular formula is C25H21F5N6O3S. The van der Waals surface area contributed by atoms with Crippen LogP contribution in [0.1, 0.15) is 34.5 Å². The zero-order chi connectivity index (χ0) is 29.4. The molecule has 0 spiro atoms.